The normalized spacial score (nSPS) is 17.2. The topological polar surface area (TPSA) is 52.7 Å². The van der Waals surface area contributed by atoms with Gasteiger partial charge in [-0.25, -0.2) is 4.79 Å². The summed E-state index contributed by atoms with van der Waals surface area (Å²) in [6.07, 6.45) is 3.90. The molecule has 1 aromatic carbocycles. The van der Waals surface area contributed by atoms with Crippen LogP contribution in [-0.2, 0) is 4.79 Å². The molecule has 0 radical (unpaired) electrons. The largest absolute Gasteiger partial charge is 0.326 e. The van der Waals surface area contributed by atoms with E-state index in [2.05, 4.69) is 18.5 Å². The first-order valence-corrected chi connectivity index (χ1v) is 7.31. The van der Waals surface area contributed by atoms with Gasteiger partial charge < -0.3 is 15.1 Å². The van der Waals surface area contributed by atoms with Crippen LogP contribution in [0, 0.1) is 0 Å². The first-order valence-electron chi connectivity index (χ1n) is 7.31. The van der Waals surface area contributed by atoms with Crippen molar-refractivity contribution < 1.29 is 9.59 Å². The van der Waals surface area contributed by atoms with Crippen LogP contribution in [0.5, 0.6) is 0 Å². The SMILES string of the molecule is C=CCN(CC=C)C(=O)N[C@H]1CCN(c2ccccc2)C1=O. The first-order chi connectivity index (χ1) is 10.7. The van der Waals surface area contributed by atoms with Gasteiger partial charge in [0.15, 0.2) is 0 Å². The molecule has 0 unspecified atom stereocenters. The van der Waals surface area contributed by atoms with E-state index < -0.39 is 6.04 Å². The van der Waals surface area contributed by atoms with Crippen LogP contribution in [0.25, 0.3) is 0 Å². The van der Waals surface area contributed by atoms with Gasteiger partial charge in [0.2, 0.25) is 5.91 Å². The predicted molar refractivity (Wildman–Crippen MR) is 87.7 cm³/mol. The average Bonchev–Trinajstić information content (AvgIpc) is 2.89. The third kappa shape index (κ3) is 3.55. The highest BCUT2D eigenvalue weighted by Crippen LogP contribution is 2.21. The number of carbonyl (C=O) groups is 2. The lowest BCUT2D eigenvalue weighted by Crippen LogP contribution is -2.48. The summed E-state index contributed by atoms with van der Waals surface area (Å²) in [6, 6.07) is 8.73. The van der Waals surface area contributed by atoms with Gasteiger partial charge in [0, 0.05) is 25.3 Å². The third-order valence-corrected chi connectivity index (χ3v) is 3.56. The Hall–Kier alpha value is -2.56. The van der Waals surface area contributed by atoms with Crippen molar-refractivity contribution in [3.8, 4) is 0 Å². The van der Waals surface area contributed by atoms with E-state index in [9.17, 15) is 9.59 Å². The molecule has 0 bridgehead atoms. The molecular weight excluding hydrogens is 278 g/mol. The Kier molecular flexibility index (Phi) is 5.36. The number of amides is 3. The van der Waals surface area contributed by atoms with Gasteiger partial charge in [0.1, 0.15) is 6.04 Å². The van der Waals surface area contributed by atoms with Crippen molar-refractivity contribution in [2.75, 3.05) is 24.5 Å². The van der Waals surface area contributed by atoms with Crippen LogP contribution in [0.1, 0.15) is 6.42 Å². The molecule has 22 heavy (non-hydrogen) atoms. The van der Waals surface area contributed by atoms with Gasteiger partial charge in [-0.3, -0.25) is 4.79 Å². The van der Waals surface area contributed by atoms with Gasteiger partial charge in [-0.15, -0.1) is 13.2 Å². The maximum Gasteiger partial charge on any atom is 0.318 e. The Balaban J connectivity index is 1.99. The van der Waals surface area contributed by atoms with Crippen LogP contribution in [0.4, 0.5) is 10.5 Å². The molecule has 5 nitrogen and oxygen atoms in total. The molecule has 2 rings (SSSR count). The third-order valence-electron chi connectivity index (χ3n) is 3.56. The smallest absolute Gasteiger partial charge is 0.318 e. The molecule has 1 aliphatic rings. The summed E-state index contributed by atoms with van der Waals surface area (Å²) in [5.74, 6) is -0.0725. The van der Waals surface area contributed by atoms with Crippen molar-refractivity contribution in [2.45, 2.75) is 12.5 Å². The Morgan fingerprint density at radius 1 is 1.27 bits per heavy atom. The minimum absolute atomic E-state index is 0.0725. The molecule has 1 aliphatic heterocycles. The van der Waals surface area contributed by atoms with Crippen LogP contribution in [0.15, 0.2) is 55.6 Å². The summed E-state index contributed by atoms with van der Waals surface area (Å²) in [4.78, 5) is 27.9. The average molecular weight is 299 g/mol. The summed E-state index contributed by atoms with van der Waals surface area (Å²) >= 11 is 0. The lowest BCUT2D eigenvalue weighted by atomic mass is 10.2. The number of anilines is 1. The number of nitrogens with zero attached hydrogens (tertiary/aromatic N) is 2. The monoisotopic (exact) mass is 299 g/mol. The van der Waals surface area contributed by atoms with Crippen molar-refractivity contribution in [1.82, 2.24) is 10.2 Å². The lowest BCUT2D eigenvalue weighted by molar-refractivity contribution is -0.118. The predicted octanol–water partition coefficient (Wildman–Crippen LogP) is 2.18. The number of rotatable bonds is 6. The highest BCUT2D eigenvalue weighted by Gasteiger charge is 2.34. The van der Waals surface area contributed by atoms with Gasteiger partial charge in [-0.2, -0.15) is 0 Å². The second kappa shape index (κ2) is 7.45. The standard InChI is InChI=1S/C17H21N3O2/c1-3-11-19(12-4-2)17(22)18-15-10-13-20(16(15)21)14-8-6-5-7-9-14/h3-9,15H,1-2,10-13H2,(H,18,22)/t15-/m0/s1. The fourth-order valence-corrected chi connectivity index (χ4v) is 2.47. The number of carbonyl (C=O) groups excluding carboxylic acids is 2. The second-order valence-corrected chi connectivity index (χ2v) is 5.10. The van der Waals surface area contributed by atoms with E-state index in [0.717, 1.165) is 5.69 Å². The molecule has 116 valence electrons. The Bertz CT molecular complexity index is 546. The zero-order valence-corrected chi connectivity index (χ0v) is 12.6. The van der Waals surface area contributed by atoms with E-state index in [1.807, 2.05) is 30.3 Å². The minimum atomic E-state index is -0.482. The molecule has 1 atom stereocenters. The van der Waals surface area contributed by atoms with Crippen molar-refractivity contribution in [2.24, 2.45) is 0 Å². The fourth-order valence-electron chi connectivity index (χ4n) is 2.47. The van der Waals surface area contributed by atoms with E-state index in [1.54, 1.807) is 22.0 Å². The van der Waals surface area contributed by atoms with Gasteiger partial charge in [0.05, 0.1) is 0 Å². The van der Waals surface area contributed by atoms with Crippen LogP contribution < -0.4 is 10.2 Å². The fraction of sp³-hybridized carbons (Fsp3) is 0.294. The molecule has 5 heteroatoms. The molecule has 1 N–H and O–H groups in total. The van der Waals surface area contributed by atoms with Crippen LogP contribution in [0.3, 0.4) is 0 Å². The Labute approximate surface area is 130 Å². The molecule has 1 heterocycles. The highest BCUT2D eigenvalue weighted by atomic mass is 16.2. The van der Waals surface area contributed by atoms with E-state index >= 15 is 0 Å². The van der Waals surface area contributed by atoms with Crippen molar-refractivity contribution in [3.05, 3.63) is 55.6 Å². The lowest BCUT2D eigenvalue weighted by Gasteiger charge is -2.22. The van der Waals surface area contributed by atoms with Gasteiger partial charge in [0.25, 0.3) is 0 Å². The van der Waals surface area contributed by atoms with E-state index in [-0.39, 0.29) is 11.9 Å². The van der Waals surface area contributed by atoms with Crippen LogP contribution in [-0.4, -0.2) is 42.5 Å². The Morgan fingerprint density at radius 3 is 2.50 bits per heavy atom. The molecule has 1 aromatic rings. The second-order valence-electron chi connectivity index (χ2n) is 5.10. The van der Waals surface area contributed by atoms with Crippen LogP contribution >= 0.6 is 0 Å². The van der Waals surface area contributed by atoms with Gasteiger partial charge >= 0.3 is 6.03 Å². The zero-order chi connectivity index (χ0) is 15.9. The zero-order valence-electron chi connectivity index (χ0n) is 12.6. The molecular formula is C17H21N3O2. The Morgan fingerprint density at radius 2 is 1.91 bits per heavy atom. The summed E-state index contributed by atoms with van der Waals surface area (Å²) < 4.78 is 0. The van der Waals surface area contributed by atoms with Crippen molar-refractivity contribution >= 4 is 17.6 Å². The number of urea groups is 1. The quantitative estimate of drug-likeness (QED) is 0.819. The number of nitrogens with one attached hydrogen (secondary N) is 1. The summed E-state index contributed by atoms with van der Waals surface area (Å²) in [5, 5.41) is 2.80. The number of hydrogen-bond donors (Lipinski definition) is 1. The molecule has 0 aromatic heterocycles. The summed E-state index contributed by atoms with van der Waals surface area (Å²) in [5.41, 5.74) is 0.860. The van der Waals surface area contributed by atoms with Gasteiger partial charge in [-0.1, -0.05) is 30.4 Å². The molecule has 1 fully saturated rings. The number of hydrogen-bond acceptors (Lipinski definition) is 2. The summed E-state index contributed by atoms with van der Waals surface area (Å²) in [7, 11) is 0. The molecule has 0 spiro atoms. The van der Waals surface area contributed by atoms with E-state index in [0.29, 0.717) is 26.1 Å². The highest BCUT2D eigenvalue weighted by molar-refractivity contribution is 6.01. The van der Waals surface area contributed by atoms with Crippen molar-refractivity contribution in [3.63, 3.8) is 0 Å². The molecule has 1 saturated heterocycles. The number of benzene rings is 1. The maximum atomic E-state index is 12.4. The molecule has 0 aliphatic carbocycles. The maximum absolute atomic E-state index is 12.4. The minimum Gasteiger partial charge on any atom is -0.326 e. The first kappa shape index (κ1) is 15.8. The van der Waals surface area contributed by atoms with Crippen molar-refractivity contribution in [1.29, 1.82) is 0 Å². The van der Waals surface area contributed by atoms with Crippen LogP contribution in [0.2, 0.25) is 0 Å². The number of para-hydroxylation sites is 1. The van der Waals surface area contributed by atoms with E-state index in [4.69, 9.17) is 0 Å². The molecule has 0 saturated carbocycles. The van der Waals surface area contributed by atoms with E-state index in [1.165, 1.54) is 0 Å². The summed E-state index contributed by atoms with van der Waals surface area (Å²) in [6.45, 7) is 8.71. The van der Waals surface area contributed by atoms with Gasteiger partial charge in [-0.05, 0) is 18.6 Å². The molecule has 3 amide bonds.